The highest BCUT2D eigenvalue weighted by Crippen LogP contribution is 2.45. The Bertz CT molecular complexity index is 883. The van der Waals surface area contributed by atoms with E-state index in [9.17, 15) is 9.59 Å². The van der Waals surface area contributed by atoms with Crippen molar-refractivity contribution < 1.29 is 14.3 Å². The van der Waals surface area contributed by atoms with Crippen molar-refractivity contribution in [2.45, 2.75) is 11.8 Å². The lowest BCUT2D eigenvalue weighted by Crippen LogP contribution is -2.39. The number of carbonyl (C=O) groups is 2. The van der Waals surface area contributed by atoms with Crippen molar-refractivity contribution in [1.82, 2.24) is 4.90 Å². The van der Waals surface area contributed by atoms with Gasteiger partial charge in [0.05, 0.1) is 12.5 Å². The van der Waals surface area contributed by atoms with Gasteiger partial charge in [0.2, 0.25) is 5.91 Å². The SMILES string of the molecule is COc1ccc2c(c1)[C@]1(CCN(C(=O)c3cccc(Cl)c3)C1)C(=O)N2. The molecule has 2 aliphatic rings. The number of halogens is 1. The molecule has 0 bridgehead atoms. The molecule has 25 heavy (non-hydrogen) atoms. The average Bonchev–Trinajstić information content (AvgIpc) is 3.18. The number of amides is 2. The van der Waals surface area contributed by atoms with Crippen LogP contribution in [-0.4, -0.2) is 36.9 Å². The van der Waals surface area contributed by atoms with Gasteiger partial charge in [0, 0.05) is 29.4 Å². The van der Waals surface area contributed by atoms with Gasteiger partial charge in [-0.25, -0.2) is 0 Å². The van der Waals surface area contributed by atoms with Crippen LogP contribution < -0.4 is 10.1 Å². The highest BCUT2D eigenvalue weighted by Gasteiger charge is 2.52. The van der Waals surface area contributed by atoms with E-state index in [-0.39, 0.29) is 11.8 Å². The molecule has 0 radical (unpaired) electrons. The highest BCUT2D eigenvalue weighted by molar-refractivity contribution is 6.31. The van der Waals surface area contributed by atoms with Crippen molar-refractivity contribution >= 4 is 29.1 Å². The molecule has 0 saturated carbocycles. The summed E-state index contributed by atoms with van der Waals surface area (Å²) in [7, 11) is 1.60. The molecule has 0 aliphatic carbocycles. The first kappa shape index (κ1) is 16.0. The zero-order valence-corrected chi connectivity index (χ0v) is 14.5. The fourth-order valence-corrected chi connectivity index (χ4v) is 3.90. The maximum absolute atomic E-state index is 12.8. The molecule has 1 saturated heterocycles. The molecule has 2 heterocycles. The monoisotopic (exact) mass is 356 g/mol. The van der Waals surface area contributed by atoms with Crippen molar-refractivity contribution in [3.8, 4) is 5.75 Å². The summed E-state index contributed by atoms with van der Waals surface area (Å²) in [5.41, 5.74) is 1.52. The molecule has 1 N–H and O–H groups in total. The Morgan fingerprint density at radius 2 is 2.12 bits per heavy atom. The standard InChI is InChI=1S/C19H17ClN2O3/c1-25-14-5-6-16-15(10-14)19(18(24)21-16)7-8-22(11-19)17(23)12-3-2-4-13(20)9-12/h2-6,9-10H,7-8,11H2,1H3,(H,21,24)/t19-/m1/s1. The van der Waals surface area contributed by atoms with E-state index in [0.29, 0.717) is 35.8 Å². The van der Waals surface area contributed by atoms with Gasteiger partial charge in [-0.05, 0) is 48.4 Å². The van der Waals surface area contributed by atoms with E-state index in [0.717, 1.165) is 11.3 Å². The molecular weight excluding hydrogens is 340 g/mol. The van der Waals surface area contributed by atoms with Gasteiger partial charge in [0.15, 0.2) is 0 Å². The molecule has 0 unspecified atom stereocenters. The van der Waals surface area contributed by atoms with Crippen LogP contribution >= 0.6 is 11.6 Å². The van der Waals surface area contributed by atoms with Gasteiger partial charge in [0.1, 0.15) is 5.75 Å². The van der Waals surface area contributed by atoms with Crippen LogP contribution in [0.3, 0.4) is 0 Å². The Hall–Kier alpha value is -2.53. The van der Waals surface area contributed by atoms with E-state index in [4.69, 9.17) is 16.3 Å². The Morgan fingerprint density at radius 3 is 2.88 bits per heavy atom. The Kier molecular flexibility index (Phi) is 3.69. The van der Waals surface area contributed by atoms with Crippen LogP contribution in [0.15, 0.2) is 42.5 Å². The minimum Gasteiger partial charge on any atom is -0.497 e. The second kappa shape index (κ2) is 5.77. The molecule has 6 heteroatoms. The molecular formula is C19H17ClN2O3. The number of ether oxygens (including phenoxy) is 1. The number of nitrogens with zero attached hydrogens (tertiary/aromatic N) is 1. The third-order valence-electron chi connectivity index (χ3n) is 5.05. The first-order valence-corrected chi connectivity index (χ1v) is 8.46. The molecule has 2 aromatic carbocycles. The summed E-state index contributed by atoms with van der Waals surface area (Å²) < 4.78 is 5.30. The summed E-state index contributed by atoms with van der Waals surface area (Å²) in [4.78, 5) is 27.2. The summed E-state index contributed by atoms with van der Waals surface area (Å²) >= 11 is 5.99. The zero-order valence-electron chi connectivity index (χ0n) is 13.7. The number of anilines is 1. The first-order valence-electron chi connectivity index (χ1n) is 8.08. The fourth-order valence-electron chi connectivity index (χ4n) is 3.71. The van der Waals surface area contributed by atoms with Gasteiger partial charge in [0.25, 0.3) is 5.91 Å². The lowest BCUT2D eigenvalue weighted by Gasteiger charge is -2.23. The van der Waals surface area contributed by atoms with Crippen LogP contribution in [0.1, 0.15) is 22.3 Å². The van der Waals surface area contributed by atoms with E-state index in [1.54, 1.807) is 36.3 Å². The summed E-state index contributed by atoms with van der Waals surface area (Å²) in [6, 6.07) is 12.4. The number of hydrogen-bond acceptors (Lipinski definition) is 3. The smallest absolute Gasteiger partial charge is 0.253 e. The Morgan fingerprint density at radius 1 is 1.28 bits per heavy atom. The quantitative estimate of drug-likeness (QED) is 0.899. The number of likely N-dealkylation sites (tertiary alicyclic amines) is 1. The minimum absolute atomic E-state index is 0.0582. The molecule has 5 nitrogen and oxygen atoms in total. The Labute approximate surface area is 150 Å². The third kappa shape index (κ3) is 2.46. The van der Waals surface area contributed by atoms with Crippen molar-refractivity contribution in [3.63, 3.8) is 0 Å². The van der Waals surface area contributed by atoms with Crippen LogP contribution in [-0.2, 0) is 10.2 Å². The van der Waals surface area contributed by atoms with Crippen LogP contribution in [0.25, 0.3) is 0 Å². The van der Waals surface area contributed by atoms with Crippen molar-refractivity contribution in [3.05, 3.63) is 58.6 Å². The molecule has 1 atom stereocenters. The molecule has 2 amide bonds. The lowest BCUT2D eigenvalue weighted by atomic mass is 9.81. The summed E-state index contributed by atoms with van der Waals surface area (Å²) in [6.07, 6.45) is 0.589. The van der Waals surface area contributed by atoms with Crippen molar-refractivity contribution in [2.75, 3.05) is 25.5 Å². The van der Waals surface area contributed by atoms with Crippen LogP contribution in [0.2, 0.25) is 5.02 Å². The number of fused-ring (bicyclic) bond motifs is 2. The van der Waals surface area contributed by atoms with Gasteiger partial charge in [-0.3, -0.25) is 9.59 Å². The predicted molar refractivity (Wildman–Crippen MR) is 95.3 cm³/mol. The van der Waals surface area contributed by atoms with E-state index in [1.807, 2.05) is 18.2 Å². The topological polar surface area (TPSA) is 58.6 Å². The second-order valence-electron chi connectivity index (χ2n) is 6.43. The van der Waals surface area contributed by atoms with E-state index >= 15 is 0 Å². The molecule has 1 fully saturated rings. The first-order chi connectivity index (χ1) is 12.0. The van der Waals surface area contributed by atoms with Crippen molar-refractivity contribution in [1.29, 1.82) is 0 Å². The van der Waals surface area contributed by atoms with E-state index in [2.05, 4.69) is 5.32 Å². The van der Waals surface area contributed by atoms with Crippen LogP contribution in [0.5, 0.6) is 5.75 Å². The second-order valence-corrected chi connectivity index (χ2v) is 6.87. The molecule has 2 aliphatic heterocycles. The van der Waals surface area contributed by atoms with Crippen LogP contribution in [0.4, 0.5) is 5.69 Å². The summed E-state index contributed by atoms with van der Waals surface area (Å²) in [5, 5.41) is 3.46. The highest BCUT2D eigenvalue weighted by atomic mass is 35.5. The Balaban J connectivity index is 1.66. The average molecular weight is 357 g/mol. The number of carbonyl (C=O) groups excluding carboxylic acids is 2. The molecule has 0 aromatic heterocycles. The molecule has 2 aromatic rings. The third-order valence-corrected chi connectivity index (χ3v) is 5.29. The lowest BCUT2D eigenvalue weighted by molar-refractivity contribution is -0.120. The number of methoxy groups -OCH3 is 1. The van der Waals surface area contributed by atoms with Gasteiger partial charge >= 0.3 is 0 Å². The normalized spacial score (nSPS) is 21.4. The van der Waals surface area contributed by atoms with Gasteiger partial charge in [-0.1, -0.05) is 17.7 Å². The maximum atomic E-state index is 12.8. The number of nitrogens with one attached hydrogen (secondary N) is 1. The van der Waals surface area contributed by atoms with Crippen LogP contribution in [0, 0.1) is 0 Å². The van der Waals surface area contributed by atoms with Gasteiger partial charge in [-0.2, -0.15) is 0 Å². The number of rotatable bonds is 2. The largest absolute Gasteiger partial charge is 0.497 e. The maximum Gasteiger partial charge on any atom is 0.253 e. The number of hydrogen-bond donors (Lipinski definition) is 1. The fraction of sp³-hybridized carbons (Fsp3) is 0.263. The molecule has 1 spiro atoms. The van der Waals surface area contributed by atoms with Gasteiger partial charge in [-0.15, -0.1) is 0 Å². The zero-order chi connectivity index (χ0) is 17.6. The van der Waals surface area contributed by atoms with E-state index < -0.39 is 5.41 Å². The van der Waals surface area contributed by atoms with Crippen molar-refractivity contribution in [2.24, 2.45) is 0 Å². The number of benzene rings is 2. The predicted octanol–water partition coefficient (Wildman–Crippen LogP) is 3.08. The summed E-state index contributed by atoms with van der Waals surface area (Å²) in [6.45, 7) is 0.875. The van der Waals surface area contributed by atoms with Gasteiger partial charge < -0.3 is 15.0 Å². The molecule has 4 rings (SSSR count). The minimum atomic E-state index is -0.710. The molecule has 128 valence electrons. The van der Waals surface area contributed by atoms with E-state index in [1.165, 1.54) is 0 Å². The summed E-state index contributed by atoms with van der Waals surface area (Å²) in [5.74, 6) is 0.537.